The minimum absolute atomic E-state index is 0.388. The monoisotopic (exact) mass is 271 g/mol. The topological polar surface area (TPSA) is 64.4 Å². The first-order valence-corrected chi connectivity index (χ1v) is 8.33. The predicted molar refractivity (Wildman–Crippen MR) is 69.4 cm³/mol. The predicted octanol–water partition coefficient (Wildman–Crippen LogP) is 0.790. The Kier molecular flexibility index (Phi) is 4.60. The number of nitrogens with zero attached hydrogens (tertiary/aromatic N) is 3. The molecule has 2 heterocycles. The molecule has 0 aliphatic carbocycles. The quantitative estimate of drug-likeness (QED) is 0.761. The van der Waals surface area contributed by atoms with Gasteiger partial charge in [-0.1, -0.05) is 6.42 Å². The fourth-order valence-electron chi connectivity index (χ4n) is 2.94. The zero-order valence-corrected chi connectivity index (χ0v) is 11.5. The van der Waals surface area contributed by atoms with Crippen molar-refractivity contribution in [3.63, 3.8) is 0 Å². The Balaban J connectivity index is 1.86. The average molecular weight is 271 g/mol. The van der Waals surface area contributed by atoms with E-state index in [1.54, 1.807) is 6.07 Å². The summed E-state index contributed by atoms with van der Waals surface area (Å²) < 4.78 is 25.0. The summed E-state index contributed by atoms with van der Waals surface area (Å²) in [5, 5.41) is 8.52. The normalized spacial score (nSPS) is 24.8. The van der Waals surface area contributed by atoms with Crippen LogP contribution >= 0.6 is 0 Å². The minimum Gasteiger partial charge on any atom is -0.300 e. The van der Waals surface area contributed by atoms with E-state index in [1.807, 2.05) is 0 Å². The Labute approximate surface area is 109 Å². The molecule has 6 heteroatoms. The maximum atomic E-state index is 11.8. The molecule has 0 aromatic rings. The van der Waals surface area contributed by atoms with E-state index < -0.39 is 10.0 Å². The molecule has 0 saturated carbocycles. The van der Waals surface area contributed by atoms with Crippen molar-refractivity contribution in [3.05, 3.63) is 0 Å². The van der Waals surface area contributed by atoms with Gasteiger partial charge in [-0.05, 0) is 38.8 Å². The third-order valence-electron chi connectivity index (χ3n) is 3.97. The second kappa shape index (κ2) is 6.00. The van der Waals surface area contributed by atoms with Crippen LogP contribution in [0.3, 0.4) is 0 Å². The summed E-state index contributed by atoms with van der Waals surface area (Å²) in [5.74, 6) is -0.388. The summed E-state index contributed by atoms with van der Waals surface area (Å²) in [6.07, 6.45) is 5.68. The lowest BCUT2D eigenvalue weighted by Gasteiger charge is -2.39. The number of piperidine rings is 2. The third-order valence-corrected chi connectivity index (χ3v) is 5.62. The molecule has 0 atom stereocenters. The summed E-state index contributed by atoms with van der Waals surface area (Å²) in [6.45, 7) is 3.47. The fraction of sp³-hybridized carbons (Fsp3) is 0.917. The van der Waals surface area contributed by atoms with Crippen molar-refractivity contribution in [3.8, 4) is 6.07 Å². The SMILES string of the molecule is N#CCS(=O)(=O)N1CCC(N2CCCCC2)CC1. The highest BCUT2D eigenvalue weighted by molar-refractivity contribution is 7.89. The van der Waals surface area contributed by atoms with Crippen molar-refractivity contribution in [2.75, 3.05) is 31.9 Å². The molecule has 0 spiro atoms. The van der Waals surface area contributed by atoms with Crippen LogP contribution in [0.1, 0.15) is 32.1 Å². The molecule has 0 aromatic heterocycles. The Morgan fingerprint density at radius 1 is 1.06 bits per heavy atom. The van der Waals surface area contributed by atoms with Crippen LogP contribution in [0.5, 0.6) is 0 Å². The van der Waals surface area contributed by atoms with Gasteiger partial charge < -0.3 is 4.90 Å². The van der Waals surface area contributed by atoms with Gasteiger partial charge in [0.05, 0.1) is 6.07 Å². The van der Waals surface area contributed by atoms with Gasteiger partial charge in [0.1, 0.15) is 0 Å². The Morgan fingerprint density at radius 2 is 1.67 bits per heavy atom. The molecule has 0 N–H and O–H groups in total. The number of nitriles is 1. The molecule has 0 aromatic carbocycles. The van der Waals surface area contributed by atoms with Gasteiger partial charge in [0, 0.05) is 19.1 Å². The van der Waals surface area contributed by atoms with Gasteiger partial charge in [0.25, 0.3) is 0 Å². The molecular formula is C12H21N3O2S. The molecule has 2 aliphatic heterocycles. The largest absolute Gasteiger partial charge is 0.300 e. The van der Waals surface area contributed by atoms with Crippen LogP contribution in [0.25, 0.3) is 0 Å². The zero-order valence-electron chi connectivity index (χ0n) is 10.7. The zero-order chi connectivity index (χ0) is 13.0. The van der Waals surface area contributed by atoms with E-state index in [-0.39, 0.29) is 5.75 Å². The molecule has 18 heavy (non-hydrogen) atoms. The van der Waals surface area contributed by atoms with Crippen LogP contribution in [-0.4, -0.2) is 55.6 Å². The smallest absolute Gasteiger partial charge is 0.227 e. The molecule has 2 aliphatic rings. The van der Waals surface area contributed by atoms with Crippen molar-refractivity contribution < 1.29 is 8.42 Å². The molecule has 0 unspecified atom stereocenters. The third kappa shape index (κ3) is 3.22. The van der Waals surface area contributed by atoms with E-state index in [2.05, 4.69) is 4.90 Å². The Morgan fingerprint density at radius 3 is 2.22 bits per heavy atom. The van der Waals surface area contributed by atoms with Crippen LogP contribution in [0.2, 0.25) is 0 Å². The van der Waals surface area contributed by atoms with Gasteiger partial charge in [-0.2, -0.15) is 5.26 Å². The molecule has 2 fully saturated rings. The van der Waals surface area contributed by atoms with Crippen LogP contribution in [0.4, 0.5) is 0 Å². The number of hydrogen-bond donors (Lipinski definition) is 0. The Bertz CT molecular complexity index is 402. The lowest BCUT2D eigenvalue weighted by Crippen LogP contribution is -2.48. The lowest BCUT2D eigenvalue weighted by molar-refractivity contribution is 0.118. The molecule has 5 nitrogen and oxygen atoms in total. The molecule has 2 rings (SSSR count). The number of hydrogen-bond acceptors (Lipinski definition) is 4. The molecule has 0 bridgehead atoms. The molecule has 0 radical (unpaired) electrons. The van der Waals surface area contributed by atoms with Gasteiger partial charge in [-0.3, -0.25) is 0 Å². The summed E-state index contributed by atoms with van der Waals surface area (Å²) >= 11 is 0. The van der Waals surface area contributed by atoms with Crippen LogP contribution in [-0.2, 0) is 10.0 Å². The number of sulfonamides is 1. The lowest BCUT2D eigenvalue weighted by atomic mass is 10.0. The fourth-order valence-corrected chi connectivity index (χ4v) is 4.05. The Hall–Kier alpha value is -0.640. The number of rotatable bonds is 3. The van der Waals surface area contributed by atoms with Crippen molar-refractivity contribution in [1.82, 2.24) is 9.21 Å². The minimum atomic E-state index is -3.33. The van der Waals surface area contributed by atoms with Crippen molar-refractivity contribution in [1.29, 1.82) is 5.26 Å². The van der Waals surface area contributed by atoms with Gasteiger partial charge >= 0.3 is 0 Å². The second-order valence-electron chi connectivity index (χ2n) is 5.14. The van der Waals surface area contributed by atoms with E-state index in [0.717, 1.165) is 25.9 Å². The van der Waals surface area contributed by atoms with Crippen molar-refractivity contribution in [2.45, 2.75) is 38.1 Å². The van der Waals surface area contributed by atoms with Gasteiger partial charge in [-0.15, -0.1) is 0 Å². The maximum absolute atomic E-state index is 11.8. The van der Waals surface area contributed by atoms with Crippen LogP contribution < -0.4 is 0 Å². The standard InChI is InChI=1S/C12H21N3O2S/c13-6-11-18(16,17)15-9-4-12(5-10-15)14-7-2-1-3-8-14/h12H,1-5,7-11H2. The maximum Gasteiger partial charge on any atom is 0.227 e. The van der Waals surface area contributed by atoms with Gasteiger partial charge in [0.2, 0.25) is 10.0 Å². The molecular weight excluding hydrogens is 250 g/mol. The van der Waals surface area contributed by atoms with Crippen molar-refractivity contribution >= 4 is 10.0 Å². The first-order valence-electron chi connectivity index (χ1n) is 6.72. The highest BCUT2D eigenvalue weighted by Crippen LogP contribution is 2.22. The van der Waals surface area contributed by atoms with E-state index >= 15 is 0 Å². The first-order chi connectivity index (χ1) is 8.63. The highest BCUT2D eigenvalue weighted by Gasteiger charge is 2.30. The molecule has 0 amide bonds. The average Bonchev–Trinajstić information content (AvgIpc) is 2.40. The second-order valence-corrected chi connectivity index (χ2v) is 7.11. The number of likely N-dealkylation sites (tertiary alicyclic amines) is 1. The molecule has 102 valence electrons. The van der Waals surface area contributed by atoms with Gasteiger partial charge in [0.15, 0.2) is 5.75 Å². The van der Waals surface area contributed by atoms with E-state index in [9.17, 15) is 8.42 Å². The molecule has 2 saturated heterocycles. The van der Waals surface area contributed by atoms with E-state index in [0.29, 0.717) is 19.1 Å². The van der Waals surface area contributed by atoms with E-state index in [4.69, 9.17) is 5.26 Å². The summed E-state index contributed by atoms with van der Waals surface area (Å²) in [4.78, 5) is 2.51. The summed E-state index contributed by atoms with van der Waals surface area (Å²) in [5.41, 5.74) is 0. The van der Waals surface area contributed by atoms with E-state index in [1.165, 1.54) is 23.6 Å². The summed E-state index contributed by atoms with van der Waals surface area (Å²) in [7, 11) is -3.33. The first kappa shape index (κ1) is 13.8. The van der Waals surface area contributed by atoms with Crippen LogP contribution in [0, 0.1) is 11.3 Å². The van der Waals surface area contributed by atoms with Gasteiger partial charge in [-0.25, -0.2) is 12.7 Å². The van der Waals surface area contributed by atoms with Crippen LogP contribution in [0.15, 0.2) is 0 Å². The highest BCUT2D eigenvalue weighted by atomic mass is 32.2. The summed E-state index contributed by atoms with van der Waals surface area (Å²) in [6, 6.07) is 2.28. The van der Waals surface area contributed by atoms with Crippen molar-refractivity contribution in [2.24, 2.45) is 0 Å².